The van der Waals surface area contributed by atoms with Crippen LogP contribution in [0.15, 0.2) is 29.1 Å². The highest BCUT2D eigenvalue weighted by Gasteiger charge is 2.29. The number of rotatable bonds is 3. The Morgan fingerprint density at radius 3 is 2.73 bits per heavy atom. The van der Waals surface area contributed by atoms with Gasteiger partial charge in [0.2, 0.25) is 5.95 Å². The molecule has 1 aromatic carbocycles. The van der Waals surface area contributed by atoms with Crippen molar-refractivity contribution in [1.82, 2.24) is 19.4 Å². The maximum absolute atomic E-state index is 13.9. The number of hydrogen-bond donors (Lipinski definition) is 0. The van der Waals surface area contributed by atoms with Crippen molar-refractivity contribution in [3.63, 3.8) is 0 Å². The van der Waals surface area contributed by atoms with Gasteiger partial charge in [0.15, 0.2) is 0 Å². The summed E-state index contributed by atoms with van der Waals surface area (Å²) in [6, 6.07) is 7.31. The third kappa shape index (κ3) is 4.09. The van der Waals surface area contributed by atoms with Crippen molar-refractivity contribution in [2.24, 2.45) is 0 Å². The van der Waals surface area contributed by atoms with E-state index in [9.17, 15) is 9.59 Å². The normalized spacial score (nSPS) is 16.8. The van der Waals surface area contributed by atoms with Crippen LogP contribution < -0.4 is 10.5 Å². The van der Waals surface area contributed by atoms with Crippen molar-refractivity contribution < 1.29 is 9.53 Å². The summed E-state index contributed by atoms with van der Waals surface area (Å²) in [6.07, 6.45) is 0.540. The fraction of sp³-hybridized carbons (Fsp3) is 0.435. The first-order valence-electron chi connectivity index (χ1n) is 11.1. The summed E-state index contributed by atoms with van der Waals surface area (Å²) in [5.41, 5.74) is 1.75. The van der Waals surface area contributed by atoms with Crippen molar-refractivity contribution in [3.8, 4) is 5.69 Å². The van der Waals surface area contributed by atoms with E-state index in [1.165, 1.54) is 4.88 Å². The number of anilines is 1. The third-order valence-electron chi connectivity index (χ3n) is 6.20. The molecule has 4 heterocycles. The van der Waals surface area contributed by atoms with Crippen molar-refractivity contribution in [3.05, 3.63) is 50.1 Å². The van der Waals surface area contributed by atoms with Gasteiger partial charge in [-0.3, -0.25) is 4.79 Å². The number of fused-ring (bicyclic) bond motifs is 3. The molecule has 3 aromatic rings. The summed E-state index contributed by atoms with van der Waals surface area (Å²) in [5, 5.41) is 1.28. The number of thiophene rings is 1. The van der Waals surface area contributed by atoms with Gasteiger partial charge in [0, 0.05) is 49.2 Å². The van der Waals surface area contributed by atoms with Crippen LogP contribution in [0.5, 0.6) is 0 Å². The van der Waals surface area contributed by atoms with Gasteiger partial charge in [0.25, 0.3) is 5.56 Å². The number of carbonyl (C=O) groups is 1. The Balaban J connectivity index is 1.61. The molecule has 5 rings (SSSR count). The molecule has 1 saturated heterocycles. The van der Waals surface area contributed by atoms with Crippen LogP contribution in [-0.2, 0) is 17.7 Å². The third-order valence-corrected chi connectivity index (χ3v) is 7.55. The van der Waals surface area contributed by atoms with Gasteiger partial charge >= 0.3 is 6.09 Å². The smallest absolute Gasteiger partial charge is 0.409 e. The Morgan fingerprint density at radius 1 is 1.21 bits per heavy atom. The lowest BCUT2D eigenvalue weighted by Crippen LogP contribution is -2.50. The number of piperazine rings is 1. The van der Waals surface area contributed by atoms with Crippen LogP contribution in [0, 0.1) is 0 Å². The van der Waals surface area contributed by atoms with Crippen LogP contribution in [0.2, 0.25) is 5.02 Å². The summed E-state index contributed by atoms with van der Waals surface area (Å²) in [7, 11) is 2.10. The van der Waals surface area contributed by atoms with E-state index >= 15 is 0 Å². The Kier molecular flexibility index (Phi) is 6.03. The summed E-state index contributed by atoms with van der Waals surface area (Å²) in [5.74, 6) is 0.588. The van der Waals surface area contributed by atoms with Crippen LogP contribution in [-0.4, -0.2) is 71.8 Å². The van der Waals surface area contributed by atoms with Gasteiger partial charge in [-0.1, -0.05) is 17.7 Å². The van der Waals surface area contributed by atoms with Gasteiger partial charge in [-0.05, 0) is 44.2 Å². The first-order chi connectivity index (χ1) is 16.0. The largest absolute Gasteiger partial charge is 0.450 e. The Labute approximate surface area is 200 Å². The average molecular weight is 488 g/mol. The van der Waals surface area contributed by atoms with Crippen LogP contribution in [0.1, 0.15) is 17.4 Å². The highest BCUT2D eigenvalue weighted by atomic mass is 35.5. The Morgan fingerprint density at radius 2 is 2.00 bits per heavy atom. The topological polar surface area (TPSA) is 70.9 Å². The second kappa shape index (κ2) is 8.96. The zero-order valence-corrected chi connectivity index (χ0v) is 20.3. The number of benzene rings is 1. The van der Waals surface area contributed by atoms with Gasteiger partial charge in [-0.15, -0.1) is 11.3 Å². The van der Waals surface area contributed by atoms with E-state index in [1.807, 2.05) is 12.1 Å². The zero-order chi connectivity index (χ0) is 23.1. The number of ether oxygens (including phenoxy) is 1. The lowest BCUT2D eigenvalue weighted by molar-refractivity contribution is 0.105. The first-order valence-corrected chi connectivity index (χ1v) is 12.3. The summed E-state index contributed by atoms with van der Waals surface area (Å²) < 4.78 is 6.82. The molecule has 8 nitrogen and oxygen atoms in total. The standard InChI is InChI=1S/C23H26ClN5O3S/c1-3-32-23(31)28-11-9-27(10-12-28)22-25-20-19(17-7-8-26(2)14-18(17)33-20)21(30)29(22)16-6-4-5-15(24)13-16/h4-6,13H,3,7-12,14H2,1-2H3. The quantitative estimate of drug-likeness (QED) is 0.564. The lowest BCUT2D eigenvalue weighted by atomic mass is 10.1. The van der Waals surface area contributed by atoms with E-state index in [-0.39, 0.29) is 11.7 Å². The molecule has 1 fully saturated rings. The molecule has 0 bridgehead atoms. The molecule has 2 aromatic heterocycles. The minimum Gasteiger partial charge on any atom is -0.450 e. The molecule has 0 atom stereocenters. The van der Waals surface area contributed by atoms with Crippen molar-refractivity contribution in [2.45, 2.75) is 19.9 Å². The average Bonchev–Trinajstić information content (AvgIpc) is 3.17. The number of hydrogen-bond acceptors (Lipinski definition) is 7. The van der Waals surface area contributed by atoms with Crippen LogP contribution >= 0.6 is 22.9 Å². The SMILES string of the molecule is CCOC(=O)N1CCN(c2nc3sc4c(c3c(=O)n2-c2cccc(Cl)c2)CCN(C)C4)CC1. The van der Waals surface area contributed by atoms with Crippen molar-refractivity contribution >= 4 is 45.2 Å². The van der Waals surface area contributed by atoms with Gasteiger partial charge in [-0.2, -0.15) is 0 Å². The van der Waals surface area contributed by atoms with Crippen LogP contribution in [0.3, 0.4) is 0 Å². The second-order valence-electron chi connectivity index (χ2n) is 8.38. The summed E-state index contributed by atoms with van der Waals surface area (Å²) in [6.45, 7) is 6.05. The van der Waals surface area contributed by atoms with Gasteiger partial charge in [0.05, 0.1) is 17.7 Å². The monoisotopic (exact) mass is 487 g/mol. The summed E-state index contributed by atoms with van der Waals surface area (Å²) in [4.78, 5) is 39.1. The molecule has 174 valence electrons. The highest BCUT2D eigenvalue weighted by molar-refractivity contribution is 7.18. The minimum absolute atomic E-state index is 0.0628. The van der Waals surface area contributed by atoms with Crippen LogP contribution in [0.25, 0.3) is 15.9 Å². The van der Waals surface area contributed by atoms with E-state index < -0.39 is 0 Å². The predicted molar refractivity (Wildman–Crippen MR) is 131 cm³/mol. The number of halogens is 1. The van der Waals surface area contributed by atoms with E-state index in [4.69, 9.17) is 21.3 Å². The van der Waals surface area contributed by atoms with E-state index in [1.54, 1.807) is 39.9 Å². The number of aromatic nitrogens is 2. The first kappa shape index (κ1) is 22.2. The van der Waals surface area contributed by atoms with Crippen molar-refractivity contribution in [1.29, 1.82) is 0 Å². The summed E-state index contributed by atoms with van der Waals surface area (Å²) >= 11 is 7.90. The number of likely N-dealkylation sites (N-methyl/N-ethyl adjacent to an activating group) is 1. The molecule has 0 saturated carbocycles. The lowest BCUT2D eigenvalue weighted by Gasteiger charge is -2.35. The minimum atomic E-state index is -0.303. The molecular weight excluding hydrogens is 462 g/mol. The Hall–Kier alpha value is -2.62. The molecule has 33 heavy (non-hydrogen) atoms. The van der Waals surface area contributed by atoms with E-state index in [0.29, 0.717) is 49.4 Å². The van der Waals surface area contributed by atoms with E-state index in [2.05, 4.69) is 16.8 Å². The molecule has 0 N–H and O–H groups in total. The fourth-order valence-corrected chi connectivity index (χ4v) is 5.99. The molecular formula is C23H26ClN5O3S. The molecule has 2 aliphatic rings. The molecule has 2 aliphatic heterocycles. The fourth-order valence-electron chi connectivity index (χ4n) is 4.52. The molecule has 0 spiro atoms. The van der Waals surface area contributed by atoms with Gasteiger partial charge in [-0.25, -0.2) is 14.3 Å². The van der Waals surface area contributed by atoms with E-state index in [0.717, 1.165) is 35.3 Å². The second-order valence-corrected chi connectivity index (χ2v) is 9.90. The number of amides is 1. The molecule has 1 amide bonds. The number of carbonyl (C=O) groups excluding carboxylic acids is 1. The molecule has 0 aliphatic carbocycles. The van der Waals surface area contributed by atoms with Crippen LogP contribution in [0.4, 0.5) is 10.7 Å². The molecule has 10 heteroatoms. The van der Waals surface area contributed by atoms with Gasteiger partial charge in [0.1, 0.15) is 4.83 Å². The maximum Gasteiger partial charge on any atom is 0.409 e. The van der Waals surface area contributed by atoms with Gasteiger partial charge < -0.3 is 19.4 Å². The molecule has 0 unspecified atom stereocenters. The number of nitrogens with zero attached hydrogens (tertiary/aromatic N) is 5. The van der Waals surface area contributed by atoms with Crippen molar-refractivity contribution in [2.75, 3.05) is 51.3 Å². The highest BCUT2D eigenvalue weighted by Crippen LogP contribution is 2.34. The maximum atomic E-state index is 13.9. The molecule has 0 radical (unpaired) electrons. The Bertz CT molecular complexity index is 1260. The zero-order valence-electron chi connectivity index (χ0n) is 18.7. The predicted octanol–water partition coefficient (Wildman–Crippen LogP) is 3.37.